The Labute approximate surface area is 155 Å². The summed E-state index contributed by atoms with van der Waals surface area (Å²) in [6, 6.07) is -1.88. The summed E-state index contributed by atoms with van der Waals surface area (Å²) in [6.45, 7) is 10.2. The van der Waals surface area contributed by atoms with E-state index in [-0.39, 0.29) is 6.54 Å². The Bertz CT molecular complexity index is 485. The lowest BCUT2D eigenvalue weighted by atomic mass is 10.0. The summed E-state index contributed by atoms with van der Waals surface area (Å²) < 4.78 is 9.67. The van der Waals surface area contributed by atoms with Gasteiger partial charge in [-0.25, -0.2) is 4.79 Å². The predicted molar refractivity (Wildman–Crippen MR) is 98.3 cm³/mol. The minimum Gasteiger partial charge on any atom is -0.467 e. The Kier molecular flexibility index (Phi) is 8.90. The van der Waals surface area contributed by atoms with Gasteiger partial charge in [-0.15, -0.1) is 0 Å². The maximum Gasteiger partial charge on any atom is 0.331 e. The molecule has 0 aromatic carbocycles. The molecule has 0 aromatic rings. The van der Waals surface area contributed by atoms with Crippen LogP contribution in [0.4, 0.5) is 0 Å². The third kappa shape index (κ3) is 9.08. The zero-order valence-electron chi connectivity index (χ0n) is 16.0. The Hall–Kier alpha value is -1.32. The van der Waals surface area contributed by atoms with E-state index in [0.29, 0.717) is 0 Å². The molecular formula is C16H31N3O5S. The van der Waals surface area contributed by atoms with Crippen LogP contribution in [0.2, 0.25) is 0 Å². The number of amides is 2. The number of hydrogen-bond donors (Lipinski definition) is 4. The van der Waals surface area contributed by atoms with E-state index in [1.165, 1.54) is 7.11 Å². The molecule has 25 heavy (non-hydrogen) atoms. The molecule has 3 atom stereocenters. The summed E-state index contributed by atoms with van der Waals surface area (Å²) in [6.07, 6.45) is -0.620. The van der Waals surface area contributed by atoms with Crippen molar-refractivity contribution >= 4 is 30.4 Å². The van der Waals surface area contributed by atoms with Gasteiger partial charge in [-0.05, 0) is 41.5 Å². The topological polar surface area (TPSA) is 120 Å². The first-order valence-electron chi connectivity index (χ1n) is 7.99. The number of rotatable bonds is 8. The number of esters is 1. The van der Waals surface area contributed by atoms with Crippen LogP contribution in [0.3, 0.4) is 0 Å². The van der Waals surface area contributed by atoms with Crippen LogP contribution in [0.15, 0.2) is 0 Å². The van der Waals surface area contributed by atoms with E-state index in [1.807, 2.05) is 20.8 Å². The lowest BCUT2D eigenvalue weighted by Gasteiger charge is -2.30. The lowest BCUT2D eigenvalue weighted by Crippen LogP contribution is -2.55. The summed E-state index contributed by atoms with van der Waals surface area (Å²) in [5, 5.41) is 4.93. The number of ether oxygens (including phenoxy) is 2. The second-order valence-corrected chi connectivity index (χ2v) is 8.51. The molecule has 0 aliphatic heterocycles. The Balaban J connectivity index is 4.78. The van der Waals surface area contributed by atoms with E-state index in [4.69, 9.17) is 15.2 Å². The van der Waals surface area contributed by atoms with Crippen LogP contribution in [0, 0.1) is 0 Å². The first-order valence-corrected chi connectivity index (χ1v) is 8.44. The minimum absolute atomic E-state index is 0.327. The Morgan fingerprint density at radius 1 is 1.16 bits per heavy atom. The van der Waals surface area contributed by atoms with Gasteiger partial charge in [0.15, 0.2) is 6.04 Å². The molecule has 0 rings (SSSR count). The Morgan fingerprint density at radius 3 is 2.08 bits per heavy atom. The highest BCUT2D eigenvalue weighted by atomic mass is 32.1. The van der Waals surface area contributed by atoms with E-state index in [2.05, 4.69) is 23.3 Å². The summed E-state index contributed by atoms with van der Waals surface area (Å²) in [5.41, 5.74) is 5.25. The average Bonchev–Trinajstić information content (AvgIpc) is 2.45. The number of methoxy groups -OCH3 is 1. The molecule has 0 aliphatic rings. The van der Waals surface area contributed by atoms with Gasteiger partial charge >= 0.3 is 5.97 Å². The third-order valence-electron chi connectivity index (χ3n) is 3.25. The molecule has 0 saturated heterocycles. The zero-order valence-corrected chi connectivity index (χ0v) is 16.9. The second-order valence-electron chi connectivity index (χ2n) is 7.35. The standard InChI is InChI=1S/C16H31N3O5S/c1-9(24-15(2,3)4)11(14(22)23-7)19-10(20)8-18-13(21)12(17)16(5,6)25/h9,11-12,25H,8,17H2,1-7H3,(H,18,21)(H,19,20). The fraction of sp³-hybridized carbons (Fsp3) is 0.812. The van der Waals surface area contributed by atoms with Crippen molar-refractivity contribution in [2.75, 3.05) is 13.7 Å². The van der Waals surface area contributed by atoms with Crippen LogP contribution in [0.5, 0.6) is 0 Å². The van der Waals surface area contributed by atoms with Gasteiger partial charge in [0.25, 0.3) is 0 Å². The highest BCUT2D eigenvalue weighted by Gasteiger charge is 2.32. The molecule has 0 aromatic heterocycles. The number of nitrogens with one attached hydrogen (secondary N) is 2. The van der Waals surface area contributed by atoms with Crippen molar-refractivity contribution in [1.29, 1.82) is 0 Å². The van der Waals surface area contributed by atoms with Gasteiger partial charge in [-0.2, -0.15) is 12.6 Å². The maximum atomic E-state index is 12.1. The van der Waals surface area contributed by atoms with Crippen molar-refractivity contribution in [3.8, 4) is 0 Å². The smallest absolute Gasteiger partial charge is 0.331 e. The highest BCUT2D eigenvalue weighted by Crippen LogP contribution is 2.16. The fourth-order valence-corrected chi connectivity index (χ4v) is 2.06. The molecule has 9 heteroatoms. The number of thiol groups is 1. The molecule has 0 aliphatic carbocycles. The molecule has 2 amide bonds. The van der Waals surface area contributed by atoms with Crippen molar-refractivity contribution in [2.45, 2.75) is 70.1 Å². The first-order chi connectivity index (χ1) is 11.2. The molecule has 0 saturated carbocycles. The third-order valence-corrected chi connectivity index (χ3v) is 3.53. The van der Waals surface area contributed by atoms with Crippen molar-refractivity contribution in [2.24, 2.45) is 5.73 Å². The second kappa shape index (κ2) is 9.40. The number of carbonyl (C=O) groups is 3. The van der Waals surface area contributed by atoms with Crippen molar-refractivity contribution < 1.29 is 23.9 Å². The van der Waals surface area contributed by atoms with Gasteiger partial charge in [-0.1, -0.05) is 0 Å². The van der Waals surface area contributed by atoms with Gasteiger partial charge in [-0.3, -0.25) is 9.59 Å². The monoisotopic (exact) mass is 377 g/mol. The molecule has 0 fully saturated rings. The van der Waals surface area contributed by atoms with Gasteiger partial charge < -0.3 is 25.8 Å². The highest BCUT2D eigenvalue weighted by molar-refractivity contribution is 7.81. The van der Waals surface area contributed by atoms with Crippen LogP contribution >= 0.6 is 12.6 Å². The molecule has 0 bridgehead atoms. The van der Waals surface area contributed by atoms with Crippen LogP contribution < -0.4 is 16.4 Å². The van der Waals surface area contributed by atoms with E-state index >= 15 is 0 Å². The van der Waals surface area contributed by atoms with Crippen molar-refractivity contribution in [3.63, 3.8) is 0 Å². The molecule has 0 radical (unpaired) electrons. The summed E-state index contributed by atoms with van der Waals surface area (Å²) >= 11 is 4.23. The van der Waals surface area contributed by atoms with Crippen LogP contribution in [0.25, 0.3) is 0 Å². The van der Waals surface area contributed by atoms with Gasteiger partial charge in [0.05, 0.1) is 31.4 Å². The Morgan fingerprint density at radius 2 is 1.68 bits per heavy atom. The van der Waals surface area contributed by atoms with Gasteiger partial charge in [0.2, 0.25) is 11.8 Å². The summed E-state index contributed by atoms with van der Waals surface area (Å²) in [7, 11) is 1.22. The van der Waals surface area contributed by atoms with Crippen molar-refractivity contribution in [1.82, 2.24) is 10.6 Å². The van der Waals surface area contributed by atoms with E-state index in [0.717, 1.165) is 0 Å². The van der Waals surface area contributed by atoms with Gasteiger partial charge in [0.1, 0.15) is 0 Å². The fourth-order valence-electron chi connectivity index (χ4n) is 1.94. The number of carbonyl (C=O) groups excluding carboxylic acids is 3. The van der Waals surface area contributed by atoms with E-state index in [1.54, 1.807) is 20.8 Å². The van der Waals surface area contributed by atoms with Crippen LogP contribution in [-0.4, -0.2) is 60.0 Å². The quantitative estimate of drug-likeness (QED) is 0.349. The zero-order chi connectivity index (χ0) is 20.0. The molecule has 3 unspecified atom stereocenters. The molecule has 0 heterocycles. The number of nitrogens with two attached hydrogens (primary N) is 1. The lowest BCUT2D eigenvalue weighted by molar-refractivity contribution is -0.153. The molecule has 0 spiro atoms. The molecule has 4 N–H and O–H groups in total. The predicted octanol–water partition coefficient (Wildman–Crippen LogP) is -0.000300. The maximum absolute atomic E-state index is 12.1. The van der Waals surface area contributed by atoms with Crippen LogP contribution in [-0.2, 0) is 23.9 Å². The summed E-state index contributed by atoms with van der Waals surface area (Å²) in [5.74, 6) is -1.70. The molecule has 146 valence electrons. The summed E-state index contributed by atoms with van der Waals surface area (Å²) in [4.78, 5) is 35.9. The average molecular weight is 378 g/mol. The number of hydrogen-bond acceptors (Lipinski definition) is 7. The largest absolute Gasteiger partial charge is 0.467 e. The van der Waals surface area contributed by atoms with E-state index in [9.17, 15) is 14.4 Å². The normalized spacial score (nSPS) is 15.7. The van der Waals surface area contributed by atoms with Crippen molar-refractivity contribution in [3.05, 3.63) is 0 Å². The minimum atomic E-state index is -0.997. The first kappa shape index (κ1) is 23.7. The van der Waals surface area contributed by atoms with E-state index < -0.39 is 46.3 Å². The molecule has 8 nitrogen and oxygen atoms in total. The SMILES string of the molecule is COC(=O)C(NC(=O)CNC(=O)C(N)C(C)(C)S)C(C)OC(C)(C)C. The molecular weight excluding hydrogens is 346 g/mol. The van der Waals surface area contributed by atoms with Crippen LogP contribution in [0.1, 0.15) is 41.5 Å². The van der Waals surface area contributed by atoms with Gasteiger partial charge in [0, 0.05) is 4.75 Å².